The van der Waals surface area contributed by atoms with Gasteiger partial charge in [0.1, 0.15) is 13.1 Å². The Morgan fingerprint density at radius 3 is 2.73 bits per heavy atom. The van der Waals surface area contributed by atoms with Gasteiger partial charge in [0.15, 0.2) is 0 Å². The molecule has 0 radical (unpaired) electrons. The molecule has 1 atom stereocenters. The van der Waals surface area contributed by atoms with Gasteiger partial charge in [0, 0.05) is 22.9 Å². The number of nitrogens with one attached hydrogen (secondary N) is 2. The molecule has 1 heterocycles. The van der Waals surface area contributed by atoms with Gasteiger partial charge in [0.2, 0.25) is 5.91 Å². The molecule has 0 aromatic heterocycles. The second kappa shape index (κ2) is 9.40. The van der Waals surface area contributed by atoms with E-state index in [1.165, 1.54) is 0 Å². The summed E-state index contributed by atoms with van der Waals surface area (Å²) >= 11 is 7.41. The smallest absolute Gasteiger partial charge is 0.233 e. The van der Waals surface area contributed by atoms with Crippen LogP contribution in [0.4, 0.5) is 0 Å². The van der Waals surface area contributed by atoms with Gasteiger partial charge >= 0.3 is 0 Å². The molecule has 0 spiro atoms. The van der Waals surface area contributed by atoms with E-state index in [1.807, 2.05) is 31.2 Å². The van der Waals surface area contributed by atoms with Crippen LogP contribution in [-0.2, 0) is 9.53 Å². The lowest BCUT2D eigenvalue weighted by atomic mass is 10.3. The molecule has 0 aliphatic carbocycles. The number of benzene rings is 1. The minimum Gasteiger partial charge on any atom is -0.370 e. The zero-order valence-corrected chi connectivity index (χ0v) is 14.5. The Kier molecular flexibility index (Phi) is 7.52. The summed E-state index contributed by atoms with van der Waals surface area (Å²) in [6.07, 6.45) is 1.01. The fraction of sp³-hybridized carbons (Fsp3) is 0.562. The normalized spacial score (nSPS) is 17.2. The summed E-state index contributed by atoms with van der Waals surface area (Å²) in [5, 5.41) is 3.64. The molecule has 1 amide bonds. The molecule has 1 aromatic rings. The third kappa shape index (κ3) is 6.16. The van der Waals surface area contributed by atoms with Crippen molar-refractivity contribution >= 4 is 29.3 Å². The third-order valence-electron chi connectivity index (χ3n) is 3.70. The minimum atomic E-state index is -0.100. The quantitative estimate of drug-likeness (QED) is 0.578. The Balaban J connectivity index is 1.62. The van der Waals surface area contributed by atoms with E-state index in [0.29, 0.717) is 5.02 Å². The van der Waals surface area contributed by atoms with Crippen molar-refractivity contribution in [2.24, 2.45) is 0 Å². The van der Waals surface area contributed by atoms with Gasteiger partial charge in [-0.25, -0.2) is 0 Å². The van der Waals surface area contributed by atoms with Crippen LogP contribution in [0, 0.1) is 0 Å². The van der Waals surface area contributed by atoms with E-state index in [4.69, 9.17) is 16.3 Å². The average Bonchev–Trinajstić information content (AvgIpc) is 2.54. The zero-order chi connectivity index (χ0) is 15.8. The van der Waals surface area contributed by atoms with Crippen molar-refractivity contribution in [3.05, 3.63) is 29.3 Å². The number of morpholine rings is 1. The Hall–Kier alpha value is -0.750. The number of ether oxygens (including phenoxy) is 1. The highest BCUT2D eigenvalue weighted by Gasteiger charge is 2.15. The van der Waals surface area contributed by atoms with Gasteiger partial charge in [-0.2, -0.15) is 0 Å². The van der Waals surface area contributed by atoms with Crippen molar-refractivity contribution in [1.82, 2.24) is 5.32 Å². The highest BCUT2D eigenvalue weighted by molar-refractivity contribution is 8.00. The summed E-state index contributed by atoms with van der Waals surface area (Å²) in [5.74, 6) is 0.0944. The molecule has 1 saturated heterocycles. The lowest BCUT2D eigenvalue weighted by Gasteiger charge is -2.23. The first kappa shape index (κ1) is 17.6. The minimum absolute atomic E-state index is 0.0944. The van der Waals surface area contributed by atoms with E-state index in [-0.39, 0.29) is 11.2 Å². The fourth-order valence-electron chi connectivity index (χ4n) is 2.37. The number of thioether (sulfide) groups is 1. The predicted octanol–water partition coefficient (Wildman–Crippen LogP) is 1.24. The number of hydrogen-bond acceptors (Lipinski definition) is 3. The molecular weight excluding hydrogens is 320 g/mol. The number of amides is 1. The van der Waals surface area contributed by atoms with E-state index in [9.17, 15) is 4.79 Å². The van der Waals surface area contributed by atoms with Crippen LogP contribution >= 0.6 is 23.4 Å². The van der Waals surface area contributed by atoms with E-state index in [0.717, 1.165) is 50.7 Å². The van der Waals surface area contributed by atoms with Crippen molar-refractivity contribution in [2.45, 2.75) is 23.5 Å². The van der Waals surface area contributed by atoms with Gasteiger partial charge < -0.3 is 15.0 Å². The van der Waals surface area contributed by atoms with E-state index in [2.05, 4.69) is 5.32 Å². The molecule has 0 saturated carbocycles. The Morgan fingerprint density at radius 2 is 2.05 bits per heavy atom. The first-order valence-electron chi connectivity index (χ1n) is 7.76. The largest absolute Gasteiger partial charge is 0.370 e. The second-order valence-electron chi connectivity index (χ2n) is 5.47. The van der Waals surface area contributed by atoms with Gasteiger partial charge in [-0.15, -0.1) is 11.8 Å². The van der Waals surface area contributed by atoms with E-state index in [1.54, 1.807) is 16.7 Å². The van der Waals surface area contributed by atoms with Crippen LogP contribution in [0.3, 0.4) is 0 Å². The highest BCUT2D eigenvalue weighted by Crippen LogP contribution is 2.24. The number of quaternary nitrogens is 1. The predicted molar refractivity (Wildman–Crippen MR) is 90.8 cm³/mol. The van der Waals surface area contributed by atoms with Crippen molar-refractivity contribution < 1.29 is 14.4 Å². The summed E-state index contributed by atoms with van der Waals surface area (Å²) in [5.41, 5.74) is 0. The second-order valence-corrected chi connectivity index (χ2v) is 7.32. The Morgan fingerprint density at radius 1 is 1.36 bits per heavy atom. The molecule has 1 fully saturated rings. The highest BCUT2D eigenvalue weighted by atomic mass is 35.5. The van der Waals surface area contributed by atoms with Crippen LogP contribution in [0.15, 0.2) is 29.2 Å². The zero-order valence-electron chi connectivity index (χ0n) is 12.9. The van der Waals surface area contributed by atoms with Gasteiger partial charge in [0.25, 0.3) is 0 Å². The Labute approximate surface area is 141 Å². The first-order chi connectivity index (χ1) is 10.6. The number of halogens is 1. The molecule has 1 aliphatic rings. The standard InChI is InChI=1S/C16H23ClN2O2S/c1-13(22-15-5-3-14(17)4-6-15)16(20)18-7-2-8-19-9-11-21-12-10-19/h3-6,13H,2,7-12H2,1H3,(H,18,20)/p+1/t13-/m1/s1. The summed E-state index contributed by atoms with van der Waals surface area (Å²) in [7, 11) is 0. The molecule has 122 valence electrons. The van der Waals surface area contributed by atoms with E-state index >= 15 is 0 Å². The number of hydrogen-bond donors (Lipinski definition) is 2. The summed E-state index contributed by atoms with van der Waals surface area (Å²) in [6.45, 7) is 7.65. The van der Waals surface area contributed by atoms with Crippen LogP contribution in [0.1, 0.15) is 13.3 Å². The Bertz CT molecular complexity index is 464. The van der Waals surface area contributed by atoms with E-state index < -0.39 is 0 Å². The maximum absolute atomic E-state index is 12.1. The molecule has 1 aliphatic heterocycles. The topological polar surface area (TPSA) is 42.8 Å². The van der Waals surface area contributed by atoms with Gasteiger partial charge in [0.05, 0.1) is 25.0 Å². The molecule has 2 N–H and O–H groups in total. The summed E-state index contributed by atoms with van der Waals surface area (Å²) in [6, 6.07) is 7.58. The van der Waals surface area contributed by atoms with Crippen molar-refractivity contribution in [2.75, 3.05) is 39.4 Å². The van der Waals surface area contributed by atoms with Gasteiger partial charge in [-0.05, 0) is 31.2 Å². The first-order valence-corrected chi connectivity index (χ1v) is 9.02. The lowest BCUT2D eigenvalue weighted by molar-refractivity contribution is -0.908. The lowest BCUT2D eigenvalue weighted by Crippen LogP contribution is -3.14. The third-order valence-corrected chi connectivity index (χ3v) is 5.07. The molecule has 0 unspecified atom stereocenters. The molecule has 1 aromatic carbocycles. The molecule has 0 bridgehead atoms. The molecular formula is C16H24ClN2O2S+. The SMILES string of the molecule is C[C@@H](Sc1ccc(Cl)cc1)C(=O)NCCC[NH+]1CCOCC1. The molecule has 2 rings (SSSR count). The monoisotopic (exact) mass is 343 g/mol. The summed E-state index contributed by atoms with van der Waals surface area (Å²) in [4.78, 5) is 14.7. The van der Waals surface area contributed by atoms with Gasteiger partial charge in [-0.1, -0.05) is 11.6 Å². The van der Waals surface area contributed by atoms with Crippen molar-refractivity contribution in [3.8, 4) is 0 Å². The van der Waals surface area contributed by atoms with Crippen molar-refractivity contribution in [1.29, 1.82) is 0 Å². The van der Waals surface area contributed by atoms with Crippen LogP contribution in [-0.4, -0.2) is 50.5 Å². The van der Waals surface area contributed by atoms with Gasteiger partial charge in [-0.3, -0.25) is 4.79 Å². The fourth-order valence-corrected chi connectivity index (χ4v) is 3.39. The van der Waals surface area contributed by atoms with Crippen LogP contribution < -0.4 is 10.2 Å². The number of carbonyl (C=O) groups is 1. The van der Waals surface area contributed by atoms with Crippen LogP contribution in [0.5, 0.6) is 0 Å². The maximum Gasteiger partial charge on any atom is 0.233 e. The molecule has 22 heavy (non-hydrogen) atoms. The van der Waals surface area contributed by atoms with Crippen LogP contribution in [0.25, 0.3) is 0 Å². The van der Waals surface area contributed by atoms with Crippen LogP contribution in [0.2, 0.25) is 5.02 Å². The summed E-state index contributed by atoms with van der Waals surface area (Å²) < 4.78 is 5.34. The van der Waals surface area contributed by atoms with Crippen molar-refractivity contribution in [3.63, 3.8) is 0 Å². The average molecular weight is 344 g/mol. The number of carbonyl (C=O) groups excluding carboxylic acids is 1. The molecule has 4 nitrogen and oxygen atoms in total. The number of rotatable bonds is 7. The molecule has 6 heteroatoms. The maximum atomic E-state index is 12.1.